The molecular weight excluding hydrogens is 328 g/mol. The molecule has 19 heavy (non-hydrogen) atoms. The molecule has 5 heteroatoms. The van der Waals surface area contributed by atoms with Gasteiger partial charge in [0, 0.05) is 17.1 Å². The lowest BCUT2D eigenvalue weighted by molar-refractivity contribution is 0.460. The van der Waals surface area contributed by atoms with Crippen molar-refractivity contribution in [2.75, 3.05) is 0 Å². The normalized spacial score (nSPS) is 10.6. The zero-order chi connectivity index (χ0) is 14.0. The second kappa shape index (κ2) is 5.90. The molecule has 0 saturated carbocycles. The molecular formula is C14H14BrClN2O. The molecule has 0 radical (unpaired) electrons. The number of benzene rings is 1. The van der Waals surface area contributed by atoms with Crippen LogP contribution in [0.5, 0.6) is 11.6 Å². The Morgan fingerprint density at radius 3 is 2.47 bits per heavy atom. The maximum atomic E-state index is 5.97. The summed E-state index contributed by atoms with van der Waals surface area (Å²) in [6.45, 7) is 4.32. The molecule has 1 aromatic heterocycles. The third kappa shape index (κ3) is 3.26. The van der Waals surface area contributed by atoms with Crippen LogP contribution in [0.4, 0.5) is 0 Å². The number of ether oxygens (including phenoxy) is 1. The van der Waals surface area contributed by atoms with Gasteiger partial charge in [-0.1, -0.05) is 27.5 Å². The standard InChI is InChI=1S/C14H14BrClN2O/c1-8-5-10(6-9(2)14(8)15)19-13-4-3-11(16)12(7-17)18-13/h3-6H,7,17H2,1-2H3. The zero-order valence-corrected chi connectivity index (χ0v) is 13.0. The highest BCUT2D eigenvalue weighted by Crippen LogP contribution is 2.29. The molecule has 0 aliphatic heterocycles. The number of nitrogens with zero attached hydrogens (tertiary/aromatic N) is 1. The van der Waals surface area contributed by atoms with E-state index in [0.29, 0.717) is 16.6 Å². The number of halogens is 2. The molecule has 2 rings (SSSR count). The van der Waals surface area contributed by atoms with Gasteiger partial charge in [-0.15, -0.1) is 0 Å². The Labute approximate surface area is 125 Å². The van der Waals surface area contributed by atoms with E-state index in [9.17, 15) is 0 Å². The van der Waals surface area contributed by atoms with Gasteiger partial charge in [-0.2, -0.15) is 0 Å². The summed E-state index contributed by atoms with van der Waals surface area (Å²) in [7, 11) is 0. The van der Waals surface area contributed by atoms with E-state index in [0.717, 1.165) is 21.3 Å². The van der Waals surface area contributed by atoms with Crippen molar-refractivity contribution < 1.29 is 4.74 Å². The van der Waals surface area contributed by atoms with Crippen LogP contribution in [0.1, 0.15) is 16.8 Å². The SMILES string of the molecule is Cc1cc(Oc2ccc(Cl)c(CN)n2)cc(C)c1Br. The Bertz CT molecular complexity index is 593. The quantitative estimate of drug-likeness (QED) is 0.902. The minimum absolute atomic E-state index is 0.286. The van der Waals surface area contributed by atoms with Crippen molar-refractivity contribution in [2.24, 2.45) is 5.73 Å². The predicted octanol–water partition coefficient (Wildman–Crippen LogP) is 4.37. The summed E-state index contributed by atoms with van der Waals surface area (Å²) in [5.74, 6) is 1.24. The maximum Gasteiger partial charge on any atom is 0.219 e. The van der Waals surface area contributed by atoms with Gasteiger partial charge in [0.15, 0.2) is 0 Å². The lowest BCUT2D eigenvalue weighted by Gasteiger charge is -2.10. The number of rotatable bonds is 3. The van der Waals surface area contributed by atoms with Crippen LogP contribution in [0.2, 0.25) is 5.02 Å². The minimum Gasteiger partial charge on any atom is -0.439 e. The fourth-order valence-corrected chi connectivity index (χ4v) is 2.16. The molecule has 0 bridgehead atoms. The van der Waals surface area contributed by atoms with Crippen LogP contribution in [0.25, 0.3) is 0 Å². The van der Waals surface area contributed by atoms with Crippen molar-refractivity contribution in [3.8, 4) is 11.6 Å². The average molecular weight is 342 g/mol. The first kappa shape index (κ1) is 14.3. The second-order valence-corrected chi connectivity index (χ2v) is 5.46. The van der Waals surface area contributed by atoms with Crippen molar-refractivity contribution in [1.29, 1.82) is 0 Å². The fourth-order valence-electron chi connectivity index (χ4n) is 1.75. The van der Waals surface area contributed by atoms with Gasteiger partial charge in [0.2, 0.25) is 5.88 Å². The highest BCUT2D eigenvalue weighted by molar-refractivity contribution is 9.10. The Hall–Kier alpha value is -1.10. The Balaban J connectivity index is 2.31. The number of aromatic nitrogens is 1. The zero-order valence-electron chi connectivity index (χ0n) is 10.7. The molecule has 0 spiro atoms. The van der Waals surface area contributed by atoms with Gasteiger partial charge in [-0.3, -0.25) is 0 Å². The summed E-state index contributed by atoms with van der Waals surface area (Å²) in [5, 5.41) is 0.554. The van der Waals surface area contributed by atoms with Gasteiger partial charge in [-0.25, -0.2) is 4.98 Å². The molecule has 0 atom stereocenters. The molecule has 0 aliphatic rings. The van der Waals surface area contributed by atoms with Crippen molar-refractivity contribution in [2.45, 2.75) is 20.4 Å². The van der Waals surface area contributed by atoms with Crippen LogP contribution >= 0.6 is 27.5 Å². The molecule has 2 N–H and O–H groups in total. The average Bonchev–Trinajstić information content (AvgIpc) is 2.38. The van der Waals surface area contributed by atoms with Crippen molar-refractivity contribution in [1.82, 2.24) is 4.98 Å². The van der Waals surface area contributed by atoms with Gasteiger partial charge in [0.1, 0.15) is 5.75 Å². The molecule has 100 valence electrons. The van der Waals surface area contributed by atoms with E-state index >= 15 is 0 Å². The highest BCUT2D eigenvalue weighted by atomic mass is 79.9. The second-order valence-electron chi connectivity index (χ2n) is 4.26. The first-order valence-electron chi connectivity index (χ1n) is 5.81. The Kier molecular flexibility index (Phi) is 4.45. The van der Waals surface area contributed by atoms with E-state index in [1.54, 1.807) is 12.1 Å². The third-order valence-electron chi connectivity index (χ3n) is 2.72. The minimum atomic E-state index is 0.286. The number of aryl methyl sites for hydroxylation is 2. The Morgan fingerprint density at radius 1 is 1.26 bits per heavy atom. The van der Waals surface area contributed by atoms with Crippen LogP contribution in [-0.2, 0) is 6.54 Å². The topological polar surface area (TPSA) is 48.1 Å². The third-order valence-corrected chi connectivity index (χ3v) is 4.31. The van der Waals surface area contributed by atoms with Crippen molar-refractivity contribution in [3.63, 3.8) is 0 Å². The van der Waals surface area contributed by atoms with Gasteiger partial charge in [0.25, 0.3) is 0 Å². The Morgan fingerprint density at radius 2 is 1.89 bits per heavy atom. The number of nitrogens with two attached hydrogens (primary N) is 1. The van der Waals surface area contributed by atoms with E-state index in [1.807, 2.05) is 26.0 Å². The highest BCUT2D eigenvalue weighted by Gasteiger charge is 2.07. The number of hydrogen-bond acceptors (Lipinski definition) is 3. The summed E-state index contributed by atoms with van der Waals surface area (Å²) < 4.78 is 6.84. The first-order valence-corrected chi connectivity index (χ1v) is 6.98. The lowest BCUT2D eigenvalue weighted by atomic mass is 10.1. The van der Waals surface area contributed by atoms with E-state index in [1.165, 1.54) is 0 Å². The van der Waals surface area contributed by atoms with Crippen LogP contribution in [0, 0.1) is 13.8 Å². The summed E-state index contributed by atoms with van der Waals surface area (Å²) >= 11 is 9.49. The predicted molar refractivity (Wildman–Crippen MR) is 80.8 cm³/mol. The molecule has 3 nitrogen and oxygen atoms in total. The largest absolute Gasteiger partial charge is 0.439 e. The van der Waals surface area contributed by atoms with Gasteiger partial charge >= 0.3 is 0 Å². The molecule has 0 amide bonds. The first-order chi connectivity index (χ1) is 9.01. The van der Waals surface area contributed by atoms with E-state index < -0.39 is 0 Å². The van der Waals surface area contributed by atoms with E-state index in [4.69, 9.17) is 22.1 Å². The number of hydrogen-bond donors (Lipinski definition) is 1. The monoisotopic (exact) mass is 340 g/mol. The van der Waals surface area contributed by atoms with Crippen LogP contribution in [0.3, 0.4) is 0 Å². The number of pyridine rings is 1. The van der Waals surface area contributed by atoms with Crippen molar-refractivity contribution >= 4 is 27.5 Å². The smallest absolute Gasteiger partial charge is 0.219 e. The molecule has 0 saturated heterocycles. The summed E-state index contributed by atoms with van der Waals surface area (Å²) in [6, 6.07) is 7.38. The molecule has 2 aromatic rings. The molecule has 1 heterocycles. The van der Waals surface area contributed by atoms with Gasteiger partial charge in [-0.05, 0) is 43.2 Å². The molecule has 0 aliphatic carbocycles. The van der Waals surface area contributed by atoms with Crippen LogP contribution in [0.15, 0.2) is 28.7 Å². The fraction of sp³-hybridized carbons (Fsp3) is 0.214. The molecule has 0 unspecified atom stereocenters. The molecule has 1 aromatic carbocycles. The lowest BCUT2D eigenvalue weighted by Crippen LogP contribution is -2.01. The van der Waals surface area contributed by atoms with Gasteiger partial charge in [0.05, 0.1) is 10.7 Å². The van der Waals surface area contributed by atoms with Crippen LogP contribution in [-0.4, -0.2) is 4.98 Å². The van der Waals surface area contributed by atoms with E-state index in [-0.39, 0.29) is 6.54 Å². The van der Waals surface area contributed by atoms with Gasteiger partial charge < -0.3 is 10.5 Å². The maximum absolute atomic E-state index is 5.97. The van der Waals surface area contributed by atoms with Crippen LogP contribution < -0.4 is 10.5 Å². The van der Waals surface area contributed by atoms with E-state index in [2.05, 4.69) is 20.9 Å². The molecule has 0 fully saturated rings. The summed E-state index contributed by atoms with van der Waals surface area (Å²) in [4.78, 5) is 4.28. The van der Waals surface area contributed by atoms with Crippen molar-refractivity contribution in [3.05, 3.63) is 50.6 Å². The summed E-state index contributed by atoms with van der Waals surface area (Å²) in [5.41, 5.74) is 8.43. The summed E-state index contributed by atoms with van der Waals surface area (Å²) in [6.07, 6.45) is 0.